The number of rotatable bonds is 2. The van der Waals surface area contributed by atoms with Gasteiger partial charge in [0.1, 0.15) is 0 Å². The molecule has 23 heavy (non-hydrogen) atoms. The highest BCUT2D eigenvalue weighted by Gasteiger charge is 2.78. The van der Waals surface area contributed by atoms with Crippen LogP contribution in [-0.2, 0) is 9.53 Å². The molecule has 4 nitrogen and oxygen atoms in total. The normalized spacial score (nSPS) is 46.3. The van der Waals surface area contributed by atoms with Gasteiger partial charge < -0.3 is 9.84 Å². The van der Waals surface area contributed by atoms with Crippen molar-refractivity contribution in [3.05, 3.63) is 28.2 Å². The van der Waals surface area contributed by atoms with Crippen LogP contribution >= 0.6 is 23.2 Å². The maximum atomic E-state index is 13.2. The molecule has 0 aromatic heterocycles. The molecular formula is C17H17Cl2NO3. The van der Waals surface area contributed by atoms with E-state index in [9.17, 15) is 9.90 Å². The minimum absolute atomic E-state index is 0.0204. The average molecular weight is 354 g/mol. The minimum atomic E-state index is -0.680. The van der Waals surface area contributed by atoms with E-state index in [1.807, 2.05) is 6.92 Å². The van der Waals surface area contributed by atoms with E-state index in [2.05, 4.69) is 0 Å². The van der Waals surface area contributed by atoms with Crippen molar-refractivity contribution in [3.63, 3.8) is 0 Å². The first kappa shape index (κ1) is 14.5. The van der Waals surface area contributed by atoms with Crippen molar-refractivity contribution >= 4 is 34.8 Å². The summed E-state index contributed by atoms with van der Waals surface area (Å²) in [4.78, 5) is 15.0. The Morgan fingerprint density at radius 2 is 2.17 bits per heavy atom. The molecule has 7 atom stereocenters. The molecule has 1 aromatic carbocycles. The number of carbonyl (C=O) groups excluding carboxylic acids is 1. The Morgan fingerprint density at radius 1 is 1.39 bits per heavy atom. The number of nitrogens with zero attached hydrogens (tertiary/aromatic N) is 1. The van der Waals surface area contributed by atoms with Crippen LogP contribution in [0.5, 0.6) is 0 Å². The first-order valence-electron chi connectivity index (χ1n) is 8.14. The van der Waals surface area contributed by atoms with Gasteiger partial charge in [-0.2, -0.15) is 0 Å². The maximum absolute atomic E-state index is 13.2. The molecule has 2 heterocycles. The van der Waals surface area contributed by atoms with Crippen LogP contribution in [0.15, 0.2) is 18.2 Å². The molecule has 2 bridgehead atoms. The molecule has 0 radical (unpaired) electrons. The summed E-state index contributed by atoms with van der Waals surface area (Å²) in [5.41, 5.74) is -0.0207. The zero-order valence-electron chi connectivity index (χ0n) is 12.6. The lowest BCUT2D eigenvalue weighted by Crippen LogP contribution is -2.51. The summed E-state index contributed by atoms with van der Waals surface area (Å²) in [5.74, 6) is 0.336. The lowest BCUT2D eigenvalue weighted by Gasteiger charge is -2.38. The second kappa shape index (κ2) is 4.42. The zero-order valence-corrected chi connectivity index (χ0v) is 14.1. The number of hydrogen-bond acceptors (Lipinski definition) is 3. The van der Waals surface area contributed by atoms with E-state index in [1.54, 1.807) is 23.1 Å². The smallest absolute Gasteiger partial charge is 0.233 e. The molecule has 1 N–H and O–H groups in total. The van der Waals surface area contributed by atoms with Gasteiger partial charge in [0, 0.05) is 10.9 Å². The van der Waals surface area contributed by atoms with Crippen LogP contribution in [0.4, 0.5) is 5.69 Å². The quantitative estimate of drug-likeness (QED) is 0.888. The van der Waals surface area contributed by atoms with E-state index >= 15 is 0 Å². The molecule has 2 saturated carbocycles. The van der Waals surface area contributed by atoms with Crippen molar-refractivity contribution in [3.8, 4) is 0 Å². The van der Waals surface area contributed by atoms with E-state index in [0.717, 1.165) is 6.42 Å². The van der Waals surface area contributed by atoms with Crippen molar-refractivity contribution in [2.24, 2.45) is 23.7 Å². The number of carbonyl (C=O) groups is 1. The zero-order chi connectivity index (χ0) is 16.1. The summed E-state index contributed by atoms with van der Waals surface area (Å²) in [6.07, 6.45) is 0.923. The van der Waals surface area contributed by atoms with Crippen LogP contribution in [0.2, 0.25) is 10.0 Å². The van der Waals surface area contributed by atoms with Gasteiger partial charge in [-0.25, -0.2) is 0 Å². The van der Waals surface area contributed by atoms with E-state index in [4.69, 9.17) is 27.9 Å². The van der Waals surface area contributed by atoms with Gasteiger partial charge in [0.2, 0.25) is 5.91 Å². The number of anilines is 1. The molecule has 1 amide bonds. The number of benzene rings is 1. The first-order valence-corrected chi connectivity index (χ1v) is 8.90. The fourth-order valence-electron chi connectivity index (χ4n) is 5.75. The third-order valence-electron chi connectivity index (χ3n) is 6.45. The monoisotopic (exact) mass is 353 g/mol. The van der Waals surface area contributed by atoms with E-state index < -0.39 is 11.8 Å². The summed E-state index contributed by atoms with van der Waals surface area (Å²) >= 11 is 12.4. The molecule has 122 valence electrons. The molecule has 5 rings (SSSR count). The second-order valence-electron chi connectivity index (χ2n) is 7.16. The first-order chi connectivity index (χ1) is 11.0. The van der Waals surface area contributed by atoms with Gasteiger partial charge in [0.25, 0.3) is 0 Å². The van der Waals surface area contributed by atoms with Gasteiger partial charge >= 0.3 is 0 Å². The Balaban J connectivity index is 1.69. The summed E-state index contributed by atoms with van der Waals surface area (Å²) in [6.45, 7) is 2.04. The molecule has 0 spiro atoms. The highest BCUT2D eigenvalue weighted by Crippen LogP contribution is 2.69. The Hall–Kier alpha value is -0.810. The molecule has 2 aliphatic carbocycles. The van der Waals surface area contributed by atoms with Gasteiger partial charge in [-0.1, -0.05) is 30.1 Å². The predicted octanol–water partition coefficient (Wildman–Crippen LogP) is 3.09. The number of amides is 1. The fourth-order valence-corrected chi connectivity index (χ4v) is 6.24. The third-order valence-corrected chi connectivity index (χ3v) is 6.99. The fraction of sp³-hybridized carbons (Fsp3) is 0.588. The SMILES string of the molecule is CC[C@]12O[C@@H]3[C@H](O)[C@H]4C[C@H]3[C@@H]1[C@@H]4C(=O)N2c1ccc(Cl)cc1Cl. The average Bonchev–Trinajstić information content (AvgIpc) is 3.17. The van der Waals surface area contributed by atoms with Crippen LogP contribution in [0.1, 0.15) is 19.8 Å². The number of fused-ring (bicyclic) bond motifs is 2. The number of ether oxygens (including phenoxy) is 1. The Kier molecular flexibility index (Phi) is 2.79. The van der Waals surface area contributed by atoms with Gasteiger partial charge in [-0.3, -0.25) is 9.69 Å². The molecule has 4 aliphatic rings. The molecular weight excluding hydrogens is 337 g/mol. The summed E-state index contributed by atoms with van der Waals surface area (Å²) in [6, 6.07) is 5.19. The third kappa shape index (κ3) is 1.50. The Morgan fingerprint density at radius 3 is 2.87 bits per heavy atom. The van der Waals surface area contributed by atoms with Crippen LogP contribution in [-0.4, -0.2) is 28.9 Å². The van der Waals surface area contributed by atoms with E-state index in [0.29, 0.717) is 22.2 Å². The molecule has 2 saturated heterocycles. The molecule has 6 heteroatoms. The number of halogens is 2. The number of aliphatic hydroxyl groups excluding tert-OH is 1. The molecule has 1 aromatic rings. The van der Waals surface area contributed by atoms with Crippen LogP contribution in [0, 0.1) is 23.7 Å². The van der Waals surface area contributed by atoms with Gasteiger partial charge in [-0.05, 0) is 42.9 Å². The summed E-state index contributed by atoms with van der Waals surface area (Å²) in [5, 5.41) is 11.5. The summed E-state index contributed by atoms with van der Waals surface area (Å²) in [7, 11) is 0. The Labute approximate surface area is 144 Å². The van der Waals surface area contributed by atoms with E-state index in [1.165, 1.54) is 0 Å². The topological polar surface area (TPSA) is 49.8 Å². The predicted molar refractivity (Wildman–Crippen MR) is 86.4 cm³/mol. The van der Waals surface area contributed by atoms with E-state index in [-0.39, 0.29) is 35.7 Å². The largest absolute Gasteiger partial charge is 0.390 e. The Bertz CT molecular complexity index is 726. The van der Waals surface area contributed by atoms with Crippen LogP contribution < -0.4 is 4.90 Å². The highest BCUT2D eigenvalue weighted by molar-refractivity contribution is 6.37. The lowest BCUT2D eigenvalue weighted by atomic mass is 9.76. The van der Waals surface area contributed by atoms with Crippen LogP contribution in [0.3, 0.4) is 0 Å². The summed E-state index contributed by atoms with van der Waals surface area (Å²) < 4.78 is 6.37. The lowest BCUT2D eigenvalue weighted by molar-refractivity contribution is -0.133. The molecule has 0 unspecified atom stereocenters. The second-order valence-corrected chi connectivity index (χ2v) is 8.00. The van der Waals surface area contributed by atoms with Crippen LogP contribution in [0.25, 0.3) is 0 Å². The maximum Gasteiger partial charge on any atom is 0.233 e. The van der Waals surface area contributed by atoms with Gasteiger partial charge in [-0.15, -0.1) is 0 Å². The molecule has 4 fully saturated rings. The van der Waals surface area contributed by atoms with Crippen molar-refractivity contribution in [1.29, 1.82) is 0 Å². The van der Waals surface area contributed by atoms with Gasteiger partial charge in [0.15, 0.2) is 5.72 Å². The standard InChI is InChI=1S/C17H17Cl2NO3/c1-2-17-13-9-6-8(14(21)15(9)23-17)12(13)16(22)20(17)11-4-3-7(18)5-10(11)19/h3-5,8-9,12-15,21H,2,6H2,1H3/t8-,9-,12+,13+,14+,15-,17-/m0/s1. The number of hydrogen-bond donors (Lipinski definition) is 1. The van der Waals surface area contributed by atoms with Gasteiger partial charge in [0.05, 0.1) is 28.8 Å². The van der Waals surface area contributed by atoms with Crippen molar-refractivity contribution < 1.29 is 14.6 Å². The molecule has 2 aliphatic heterocycles. The number of aliphatic hydroxyl groups is 1. The minimum Gasteiger partial charge on any atom is -0.390 e. The van der Waals surface area contributed by atoms with Crippen molar-refractivity contribution in [2.45, 2.75) is 37.7 Å². The van der Waals surface area contributed by atoms with Crippen molar-refractivity contribution in [1.82, 2.24) is 0 Å². The highest BCUT2D eigenvalue weighted by atomic mass is 35.5. The van der Waals surface area contributed by atoms with Crippen molar-refractivity contribution in [2.75, 3.05) is 4.90 Å².